The molecule has 0 atom stereocenters. The first-order valence-electron chi connectivity index (χ1n) is 12.2. The van der Waals surface area contributed by atoms with Crippen molar-refractivity contribution < 1.29 is 4.79 Å². The molecule has 168 valence electrons. The number of imidazole rings is 1. The molecule has 32 heavy (non-hydrogen) atoms. The molecule has 6 heteroatoms. The number of anilines is 1. The Morgan fingerprint density at radius 3 is 2.53 bits per heavy atom. The van der Waals surface area contributed by atoms with Gasteiger partial charge in [0, 0.05) is 25.5 Å². The molecule has 0 spiro atoms. The van der Waals surface area contributed by atoms with Gasteiger partial charge in [0.25, 0.3) is 0 Å². The zero-order valence-corrected chi connectivity index (χ0v) is 19.9. The van der Waals surface area contributed by atoms with Crippen LogP contribution in [0.1, 0.15) is 56.1 Å². The maximum atomic E-state index is 14.3. The number of benzene rings is 1. The smallest absolute Gasteiger partial charge is 0.235 e. The van der Waals surface area contributed by atoms with Gasteiger partial charge in [-0.15, -0.1) is 0 Å². The number of nitrogens with zero attached hydrogens (tertiary/aromatic N) is 4. The molecule has 0 saturated heterocycles. The van der Waals surface area contributed by atoms with Crippen LogP contribution in [0.3, 0.4) is 0 Å². The van der Waals surface area contributed by atoms with E-state index in [4.69, 9.17) is 4.98 Å². The minimum Gasteiger partial charge on any atom is -0.337 e. The molecular weight excluding hydrogens is 416 g/mol. The van der Waals surface area contributed by atoms with Crippen molar-refractivity contribution in [1.82, 2.24) is 14.5 Å². The summed E-state index contributed by atoms with van der Waals surface area (Å²) in [5.41, 5.74) is 3.40. The summed E-state index contributed by atoms with van der Waals surface area (Å²) in [6, 6.07) is 4.33. The van der Waals surface area contributed by atoms with Crippen LogP contribution >= 0.6 is 11.3 Å². The minimum absolute atomic E-state index is 0.146. The van der Waals surface area contributed by atoms with Gasteiger partial charge in [0.05, 0.1) is 22.0 Å². The number of aryl methyl sites for hydroxylation is 3. The molecule has 4 fully saturated rings. The molecule has 4 aliphatic rings. The highest BCUT2D eigenvalue weighted by atomic mass is 32.1. The Hall–Kier alpha value is -2.21. The van der Waals surface area contributed by atoms with E-state index in [-0.39, 0.29) is 5.41 Å². The summed E-state index contributed by atoms with van der Waals surface area (Å²) in [5.74, 6) is 2.64. The average Bonchev–Trinajstić information content (AvgIpc) is 3.43. The highest BCUT2D eigenvalue weighted by Gasteiger charge is 2.55. The second-order valence-corrected chi connectivity index (χ2v) is 11.7. The lowest BCUT2D eigenvalue weighted by Crippen LogP contribution is -2.55. The van der Waals surface area contributed by atoms with E-state index in [0.29, 0.717) is 5.91 Å². The largest absolute Gasteiger partial charge is 0.337 e. The van der Waals surface area contributed by atoms with Crippen LogP contribution in [-0.2, 0) is 11.3 Å². The predicted molar refractivity (Wildman–Crippen MR) is 129 cm³/mol. The van der Waals surface area contributed by atoms with E-state index < -0.39 is 0 Å². The van der Waals surface area contributed by atoms with Gasteiger partial charge in [0.15, 0.2) is 5.13 Å². The summed E-state index contributed by atoms with van der Waals surface area (Å²) in [6.45, 7) is 5.87. The van der Waals surface area contributed by atoms with Crippen molar-refractivity contribution in [3.63, 3.8) is 0 Å². The van der Waals surface area contributed by atoms with Crippen LogP contribution in [0.4, 0.5) is 5.13 Å². The third kappa shape index (κ3) is 3.38. The van der Waals surface area contributed by atoms with Crippen molar-refractivity contribution >= 4 is 32.6 Å². The van der Waals surface area contributed by atoms with E-state index in [1.807, 2.05) is 18.7 Å². The second-order valence-electron chi connectivity index (χ2n) is 10.7. The number of aromatic nitrogens is 3. The number of carbonyl (C=O) groups is 1. The van der Waals surface area contributed by atoms with E-state index in [2.05, 4.69) is 40.4 Å². The van der Waals surface area contributed by atoms with Crippen LogP contribution in [0.2, 0.25) is 0 Å². The Labute approximate surface area is 193 Å². The van der Waals surface area contributed by atoms with Gasteiger partial charge in [-0.2, -0.15) is 0 Å². The maximum absolute atomic E-state index is 14.3. The molecule has 1 amide bonds. The number of hydrogen-bond acceptors (Lipinski definition) is 4. The lowest BCUT2D eigenvalue weighted by molar-refractivity contribution is -0.143. The highest BCUT2D eigenvalue weighted by Crippen LogP contribution is 2.60. The molecule has 1 aromatic carbocycles. The third-order valence-corrected chi connectivity index (χ3v) is 9.44. The van der Waals surface area contributed by atoms with Crippen LogP contribution in [0.5, 0.6) is 0 Å². The molecule has 4 saturated carbocycles. The number of fused-ring (bicyclic) bond motifs is 1. The quantitative estimate of drug-likeness (QED) is 0.482. The van der Waals surface area contributed by atoms with E-state index in [9.17, 15) is 4.79 Å². The molecule has 3 aromatic rings. The Bertz CT molecular complexity index is 1110. The molecule has 7 rings (SSSR count). The van der Waals surface area contributed by atoms with Gasteiger partial charge >= 0.3 is 0 Å². The summed E-state index contributed by atoms with van der Waals surface area (Å²) < 4.78 is 3.28. The Kier molecular flexibility index (Phi) is 4.90. The fourth-order valence-electron chi connectivity index (χ4n) is 7.10. The van der Waals surface area contributed by atoms with E-state index in [1.54, 1.807) is 11.3 Å². The first-order chi connectivity index (χ1) is 15.5. The van der Waals surface area contributed by atoms with Crippen molar-refractivity contribution in [2.45, 2.75) is 65.3 Å². The first kappa shape index (κ1) is 20.4. The van der Waals surface area contributed by atoms with Crippen molar-refractivity contribution in [2.24, 2.45) is 23.2 Å². The SMILES string of the molecule is Cc1ccc2sc(N(CCCn3ccnc3)C(=O)C34CC5CC(CC(C5)C3)C4)nc2c1C. The number of rotatable bonds is 6. The van der Waals surface area contributed by atoms with Gasteiger partial charge in [-0.3, -0.25) is 9.69 Å². The number of hydrogen-bond donors (Lipinski definition) is 0. The molecule has 0 N–H and O–H groups in total. The first-order valence-corrected chi connectivity index (χ1v) is 13.0. The molecule has 0 aliphatic heterocycles. The normalized spacial score (nSPS) is 28.5. The summed E-state index contributed by atoms with van der Waals surface area (Å²) in [6.07, 6.45) is 13.9. The van der Waals surface area contributed by atoms with Crippen molar-refractivity contribution in [1.29, 1.82) is 0 Å². The fourth-order valence-corrected chi connectivity index (χ4v) is 8.15. The second kappa shape index (κ2) is 7.68. The molecule has 0 unspecified atom stereocenters. The van der Waals surface area contributed by atoms with Crippen LogP contribution in [0.25, 0.3) is 10.2 Å². The Morgan fingerprint density at radius 1 is 1.16 bits per heavy atom. The summed E-state index contributed by atoms with van der Waals surface area (Å²) in [5, 5.41) is 0.889. The molecule has 0 radical (unpaired) electrons. The Balaban J connectivity index is 1.33. The van der Waals surface area contributed by atoms with Crippen LogP contribution in [0.15, 0.2) is 30.9 Å². The highest BCUT2D eigenvalue weighted by molar-refractivity contribution is 7.22. The van der Waals surface area contributed by atoms with Crippen LogP contribution in [-0.4, -0.2) is 27.0 Å². The fraction of sp³-hybridized carbons (Fsp3) is 0.577. The summed E-state index contributed by atoms with van der Waals surface area (Å²) in [4.78, 5) is 25.6. The molecule has 4 aliphatic carbocycles. The van der Waals surface area contributed by atoms with Crippen LogP contribution < -0.4 is 4.90 Å². The number of thiazole rings is 1. The maximum Gasteiger partial charge on any atom is 0.235 e. The molecule has 5 nitrogen and oxygen atoms in total. The number of carbonyl (C=O) groups excluding carboxylic acids is 1. The number of amides is 1. The van der Waals surface area contributed by atoms with E-state index in [1.165, 1.54) is 35.1 Å². The van der Waals surface area contributed by atoms with Gasteiger partial charge in [-0.05, 0) is 93.7 Å². The van der Waals surface area contributed by atoms with Gasteiger partial charge < -0.3 is 4.57 Å². The van der Waals surface area contributed by atoms with Gasteiger partial charge in [-0.1, -0.05) is 17.4 Å². The van der Waals surface area contributed by atoms with Crippen molar-refractivity contribution in [3.8, 4) is 0 Å². The third-order valence-electron chi connectivity index (χ3n) is 8.40. The van der Waals surface area contributed by atoms with Gasteiger partial charge in [0.1, 0.15) is 0 Å². The lowest BCUT2D eigenvalue weighted by Gasteiger charge is -2.56. The van der Waals surface area contributed by atoms with Gasteiger partial charge in [0.2, 0.25) is 5.91 Å². The standard InChI is InChI=1S/C26H32N4OS/c1-17-4-5-22-23(18(17)2)28-25(32-22)30(8-3-7-29-9-6-27-16-29)24(31)26-13-19-10-20(14-26)12-21(11-19)15-26/h4-6,9,16,19-21H,3,7-8,10-15H2,1-2H3. The van der Waals surface area contributed by atoms with Crippen molar-refractivity contribution in [2.75, 3.05) is 11.4 Å². The average molecular weight is 449 g/mol. The monoisotopic (exact) mass is 448 g/mol. The predicted octanol–water partition coefficient (Wildman–Crippen LogP) is 5.75. The molecule has 2 heterocycles. The molecular formula is C26H32N4OS. The van der Waals surface area contributed by atoms with Crippen molar-refractivity contribution in [3.05, 3.63) is 42.0 Å². The minimum atomic E-state index is -0.146. The zero-order valence-electron chi connectivity index (χ0n) is 19.1. The van der Waals surface area contributed by atoms with E-state index in [0.717, 1.165) is 67.2 Å². The summed E-state index contributed by atoms with van der Waals surface area (Å²) in [7, 11) is 0. The van der Waals surface area contributed by atoms with E-state index >= 15 is 0 Å². The molecule has 2 aromatic heterocycles. The zero-order chi connectivity index (χ0) is 21.9. The van der Waals surface area contributed by atoms with Crippen LogP contribution in [0, 0.1) is 37.0 Å². The van der Waals surface area contributed by atoms with Gasteiger partial charge in [-0.25, -0.2) is 9.97 Å². The Morgan fingerprint density at radius 2 is 1.88 bits per heavy atom. The molecule has 4 bridgehead atoms. The summed E-state index contributed by atoms with van der Waals surface area (Å²) >= 11 is 1.68. The lowest BCUT2D eigenvalue weighted by atomic mass is 9.49. The topological polar surface area (TPSA) is 51.0 Å².